The van der Waals surface area contributed by atoms with Gasteiger partial charge in [0.2, 0.25) is 5.91 Å². The van der Waals surface area contributed by atoms with E-state index in [0.29, 0.717) is 50.6 Å². The standard InChI is InChI=1S/C18H23NO7S/c20-17(19-7-4-13(5-8-19)18(21)22)6-11-27(23,24)14-2-3-15-16(12-14)26-10-1-9-25-15/h2-3,12-13H,1,4-11H2,(H,21,22). The van der Waals surface area contributed by atoms with E-state index >= 15 is 0 Å². The van der Waals surface area contributed by atoms with Crippen LogP contribution >= 0.6 is 0 Å². The van der Waals surface area contributed by atoms with Crippen LogP contribution in [-0.2, 0) is 19.4 Å². The quantitative estimate of drug-likeness (QED) is 0.798. The van der Waals surface area contributed by atoms with Crippen molar-refractivity contribution in [1.29, 1.82) is 0 Å². The Bertz CT molecular complexity index is 813. The molecule has 0 saturated carbocycles. The number of carboxylic acid groups (broad SMARTS) is 1. The number of amides is 1. The first-order chi connectivity index (χ1) is 12.9. The van der Waals surface area contributed by atoms with E-state index in [0.717, 1.165) is 6.42 Å². The molecule has 1 amide bonds. The lowest BCUT2D eigenvalue weighted by Gasteiger charge is -2.30. The molecule has 0 radical (unpaired) electrons. The molecule has 1 fully saturated rings. The van der Waals surface area contributed by atoms with Crippen molar-refractivity contribution in [3.63, 3.8) is 0 Å². The van der Waals surface area contributed by atoms with E-state index in [2.05, 4.69) is 0 Å². The first-order valence-corrected chi connectivity index (χ1v) is 10.6. The first kappa shape index (κ1) is 19.5. The van der Waals surface area contributed by atoms with Crippen molar-refractivity contribution >= 4 is 21.7 Å². The number of hydrogen-bond donors (Lipinski definition) is 1. The van der Waals surface area contributed by atoms with Crippen LogP contribution in [0.15, 0.2) is 23.1 Å². The predicted octanol–water partition coefficient (Wildman–Crippen LogP) is 1.33. The van der Waals surface area contributed by atoms with Gasteiger partial charge in [-0.05, 0) is 25.0 Å². The molecule has 1 aromatic rings. The minimum atomic E-state index is -3.64. The summed E-state index contributed by atoms with van der Waals surface area (Å²) >= 11 is 0. The van der Waals surface area contributed by atoms with Crippen LogP contribution in [0.4, 0.5) is 0 Å². The molecule has 1 N–H and O–H groups in total. The minimum absolute atomic E-state index is 0.101. The van der Waals surface area contributed by atoms with Crippen molar-refractivity contribution in [3.05, 3.63) is 18.2 Å². The fourth-order valence-corrected chi connectivity index (χ4v) is 4.45. The summed E-state index contributed by atoms with van der Waals surface area (Å²) in [5.74, 6) is -0.931. The predicted molar refractivity (Wildman–Crippen MR) is 95.7 cm³/mol. The lowest BCUT2D eigenvalue weighted by Crippen LogP contribution is -2.40. The number of piperidine rings is 1. The summed E-state index contributed by atoms with van der Waals surface area (Å²) in [7, 11) is -3.64. The van der Waals surface area contributed by atoms with Crippen molar-refractivity contribution in [2.45, 2.75) is 30.6 Å². The van der Waals surface area contributed by atoms with Crippen molar-refractivity contribution in [2.24, 2.45) is 5.92 Å². The highest BCUT2D eigenvalue weighted by Gasteiger charge is 2.28. The summed E-state index contributed by atoms with van der Waals surface area (Å²) in [5.41, 5.74) is 0. The Labute approximate surface area is 158 Å². The van der Waals surface area contributed by atoms with Gasteiger partial charge in [-0.15, -0.1) is 0 Å². The normalized spacial score (nSPS) is 18.0. The molecule has 27 heavy (non-hydrogen) atoms. The van der Waals surface area contributed by atoms with Gasteiger partial charge in [-0.2, -0.15) is 0 Å². The third kappa shape index (κ3) is 4.71. The van der Waals surface area contributed by atoms with Crippen molar-refractivity contribution < 1.29 is 32.6 Å². The van der Waals surface area contributed by atoms with Gasteiger partial charge < -0.3 is 19.5 Å². The summed E-state index contributed by atoms with van der Waals surface area (Å²) in [6.45, 7) is 1.67. The van der Waals surface area contributed by atoms with Crippen LogP contribution in [0.5, 0.6) is 11.5 Å². The zero-order chi connectivity index (χ0) is 19.4. The number of carbonyl (C=O) groups is 2. The second kappa shape index (κ2) is 8.16. The molecular weight excluding hydrogens is 374 g/mol. The van der Waals surface area contributed by atoms with Gasteiger partial charge in [0.1, 0.15) is 0 Å². The van der Waals surface area contributed by atoms with Crippen molar-refractivity contribution in [1.82, 2.24) is 4.90 Å². The molecule has 2 aliphatic heterocycles. The Morgan fingerprint density at radius 1 is 1.11 bits per heavy atom. The van der Waals surface area contributed by atoms with Gasteiger partial charge in [-0.1, -0.05) is 0 Å². The molecule has 0 unspecified atom stereocenters. The van der Waals surface area contributed by atoms with E-state index in [9.17, 15) is 18.0 Å². The number of carbonyl (C=O) groups excluding carboxylic acids is 1. The van der Waals surface area contributed by atoms with E-state index in [1.807, 2.05) is 0 Å². The van der Waals surface area contributed by atoms with Crippen molar-refractivity contribution in [3.8, 4) is 11.5 Å². The molecule has 0 aromatic heterocycles. The third-order valence-electron chi connectivity index (χ3n) is 4.86. The highest BCUT2D eigenvalue weighted by molar-refractivity contribution is 7.91. The summed E-state index contributed by atoms with van der Waals surface area (Å²) in [6.07, 6.45) is 1.39. The number of carboxylic acids is 1. The van der Waals surface area contributed by atoms with Gasteiger partial charge >= 0.3 is 5.97 Å². The second-order valence-electron chi connectivity index (χ2n) is 6.72. The lowest BCUT2D eigenvalue weighted by molar-refractivity contribution is -0.145. The number of rotatable bonds is 5. The second-order valence-corrected chi connectivity index (χ2v) is 8.83. The molecule has 0 atom stereocenters. The van der Waals surface area contributed by atoms with Crippen LogP contribution in [0.2, 0.25) is 0 Å². The fraction of sp³-hybridized carbons (Fsp3) is 0.556. The molecule has 0 bridgehead atoms. The maximum absolute atomic E-state index is 12.6. The van der Waals surface area contributed by atoms with Gasteiger partial charge in [-0.3, -0.25) is 9.59 Å². The van der Waals surface area contributed by atoms with E-state index in [4.69, 9.17) is 14.6 Å². The Morgan fingerprint density at radius 3 is 2.44 bits per heavy atom. The monoisotopic (exact) mass is 397 g/mol. The molecule has 3 rings (SSSR count). The Balaban J connectivity index is 1.59. The zero-order valence-electron chi connectivity index (χ0n) is 14.9. The SMILES string of the molecule is O=C(O)C1CCN(C(=O)CCS(=O)(=O)c2ccc3c(c2)OCCCO3)CC1. The van der Waals surface area contributed by atoms with Crippen LogP contribution in [-0.4, -0.2) is 62.4 Å². The smallest absolute Gasteiger partial charge is 0.306 e. The van der Waals surface area contributed by atoms with Crippen LogP contribution in [0, 0.1) is 5.92 Å². The first-order valence-electron chi connectivity index (χ1n) is 9.00. The Hall–Kier alpha value is -2.29. The van der Waals surface area contributed by atoms with Gasteiger partial charge in [-0.25, -0.2) is 8.42 Å². The Kier molecular flexibility index (Phi) is 5.88. The molecule has 2 heterocycles. The largest absolute Gasteiger partial charge is 0.490 e. The topological polar surface area (TPSA) is 110 Å². The van der Waals surface area contributed by atoms with Crippen LogP contribution in [0.1, 0.15) is 25.7 Å². The number of aliphatic carboxylic acids is 1. The summed E-state index contributed by atoms with van der Waals surface area (Å²) in [5, 5.41) is 9.00. The number of hydrogen-bond acceptors (Lipinski definition) is 6. The van der Waals surface area contributed by atoms with Gasteiger partial charge in [0.05, 0.1) is 29.8 Å². The van der Waals surface area contributed by atoms with E-state index in [1.54, 1.807) is 11.0 Å². The molecule has 2 aliphatic rings. The fourth-order valence-electron chi connectivity index (χ4n) is 3.21. The summed E-state index contributed by atoms with van der Waals surface area (Å²) in [6, 6.07) is 4.48. The van der Waals surface area contributed by atoms with Gasteiger partial charge in [0, 0.05) is 32.0 Å². The van der Waals surface area contributed by atoms with Crippen LogP contribution < -0.4 is 9.47 Å². The molecule has 8 nitrogen and oxygen atoms in total. The molecule has 0 spiro atoms. The average Bonchev–Trinajstić information content (AvgIpc) is 2.91. The molecular formula is C18H23NO7S. The van der Waals surface area contributed by atoms with E-state index < -0.39 is 21.7 Å². The highest BCUT2D eigenvalue weighted by atomic mass is 32.2. The maximum atomic E-state index is 12.6. The summed E-state index contributed by atoms with van der Waals surface area (Å²) < 4.78 is 36.2. The van der Waals surface area contributed by atoms with E-state index in [-0.39, 0.29) is 23.0 Å². The lowest BCUT2D eigenvalue weighted by atomic mass is 9.97. The van der Waals surface area contributed by atoms with E-state index in [1.165, 1.54) is 12.1 Å². The van der Waals surface area contributed by atoms with Crippen LogP contribution in [0.3, 0.4) is 0 Å². The molecule has 9 heteroatoms. The maximum Gasteiger partial charge on any atom is 0.306 e. The number of ether oxygens (including phenoxy) is 2. The zero-order valence-corrected chi connectivity index (χ0v) is 15.7. The van der Waals surface area contributed by atoms with Crippen LogP contribution in [0.25, 0.3) is 0 Å². The molecule has 1 aromatic carbocycles. The summed E-state index contributed by atoms with van der Waals surface area (Å²) in [4.78, 5) is 24.9. The third-order valence-corrected chi connectivity index (χ3v) is 6.57. The number of nitrogens with zero attached hydrogens (tertiary/aromatic N) is 1. The Morgan fingerprint density at radius 2 is 1.78 bits per heavy atom. The molecule has 1 saturated heterocycles. The highest BCUT2D eigenvalue weighted by Crippen LogP contribution is 2.32. The van der Waals surface area contributed by atoms with Crippen molar-refractivity contribution in [2.75, 3.05) is 32.1 Å². The molecule has 0 aliphatic carbocycles. The van der Waals surface area contributed by atoms with Gasteiger partial charge in [0.15, 0.2) is 21.3 Å². The average molecular weight is 397 g/mol. The number of likely N-dealkylation sites (tertiary alicyclic amines) is 1. The number of sulfone groups is 1. The van der Waals surface area contributed by atoms with Gasteiger partial charge in [0.25, 0.3) is 0 Å². The minimum Gasteiger partial charge on any atom is -0.490 e. The number of fused-ring (bicyclic) bond motifs is 1. The number of benzene rings is 1. The molecule has 148 valence electrons.